The van der Waals surface area contributed by atoms with E-state index < -0.39 is 37.0 Å². The molecule has 1 rings (SSSR count). The van der Waals surface area contributed by atoms with Gasteiger partial charge in [0.2, 0.25) is 0 Å². The Bertz CT molecular complexity index is 304. The molecule has 0 unspecified atom stereocenters. The highest BCUT2D eigenvalue weighted by molar-refractivity contribution is 5.88. The molecule has 1 aliphatic heterocycles. The fourth-order valence-electron chi connectivity index (χ4n) is 1.50. The molecule has 0 aliphatic carbocycles. The molecule has 4 atom stereocenters. The van der Waals surface area contributed by atoms with Crippen LogP contribution < -0.4 is 0 Å². The quantitative estimate of drug-likeness (QED) is 0.333. The van der Waals surface area contributed by atoms with Crippen molar-refractivity contribution in [3.05, 3.63) is 12.2 Å². The maximum Gasteiger partial charge on any atom is 0.336 e. The Kier molecular flexibility index (Phi) is 5.70. The van der Waals surface area contributed by atoms with Gasteiger partial charge in [0.25, 0.3) is 0 Å². The predicted octanol–water partition coefficient (Wildman–Crippen LogP) is -2.05. The summed E-state index contributed by atoms with van der Waals surface area (Å²) in [5, 5.41) is 36.7. The lowest BCUT2D eigenvalue weighted by Gasteiger charge is -2.31. The first kappa shape index (κ1) is 15.1. The van der Waals surface area contributed by atoms with Crippen molar-refractivity contribution < 1.29 is 34.7 Å². The number of rotatable bonds is 5. The fourth-order valence-corrected chi connectivity index (χ4v) is 1.50. The van der Waals surface area contributed by atoms with Crippen molar-refractivity contribution in [1.82, 2.24) is 0 Å². The molecule has 18 heavy (non-hydrogen) atoms. The molecule has 7 heteroatoms. The molecule has 0 amide bonds. The number of hydrogen-bond acceptors (Lipinski definition) is 7. The van der Waals surface area contributed by atoms with Gasteiger partial charge in [-0.15, -0.1) is 0 Å². The smallest absolute Gasteiger partial charge is 0.336 e. The first-order valence-electron chi connectivity index (χ1n) is 5.60. The van der Waals surface area contributed by atoms with E-state index in [0.29, 0.717) is 6.42 Å². The van der Waals surface area contributed by atoms with Crippen LogP contribution in [0.25, 0.3) is 0 Å². The first-order chi connectivity index (χ1) is 8.47. The van der Waals surface area contributed by atoms with Crippen LogP contribution >= 0.6 is 0 Å². The summed E-state index contributed by atoms with van der Waals surface area (Å²) in [6.07, 6.45) is -3.89. The van der Waals surface area contributed by atoms with Gasteiger partial charge in [-0.3, -0.25) is 0 Å². The molecule has 1 saturated heterocycles. The number of ether oxygens (including phenoxy) is 2. The number of carbonyl (C=O) groups is 1. The zero-order valence-corrected chi connectivity index (χ0v) is 9.86. The topological polar surface area (TPSA) is 116 Å². The van der Waals surface area contributed by atoms with Crippen molar-refractivity contribution in [2.24, 2.45) is 0 Å². The zero-order chi connectivity index (χ0) is 13.7. The van der Waals surface area contributed by atoms with Gasteiger partial charge < -0.3 is 29.9 Å². The molecule has 104 valence electrons. The molecule has 0 saturated carbocycles. The molecule has 4 N–H and O–H groups in total. The number of carbonyl (C=O) groups excluding carboxylic acids is 1. The Balaban J connectivity index is 2.40. The average Bonchev–Trinajstić information content (AvgIpc) is 2.38. The molecule has 0 bridgehead atoms. The van der Waals surface area contributed by atoms with E-state index in [1.54, 1.807) is 0 Å². The zero-order valence-electron chi connectivity index (χ0n) is 9.86. The van der Waals surface area contributed by atoms with Gasteiger partial charge in [-0.25, -0.2) is 4.79 Å². The summed E-state index contributed by atoms with van der Waals surface area (Å²) in [5.41, 5.74) is -0.275. The van der Waals surface area contributed by atoms with Crippen LogP contribution in [0.15, 0.2) is 12.2 Å². The first-order valence-corrected chi connectivity index (χ1v) is 5.60. The van der Waals surface area contributed by atoms with Gasteiger partial charge in [0.15, 0.2) is 0 Å². The van der Waals surface area contributed by atoms with E-state index in [1.165, 1.54) is 0 Å². The lowest BCUT2D eigenvalue weighted by molar-refractivity contribution is -0.167. The van der Waals surface area contributed by atoms with E-state index in [1.807, 2.05) is 0 Å². The highest BCUT2D eigenvalue weighted by atomic mass is 16.6. The van der Waals surface area contributed by atoms with Crippen molar-refractivity contribution >= 4 is 5.97 Å². The van der Waals surface area contributed by atoms with Gasteiger partial charge in [-0.05, 0) is 6.42 Å². The van der Waals surface area contributed by atoms with E-state index in [9.17, 15) is 15.0 Å². The van der Waals surface area contributed by atoms with Gasteiger partial charge in [0.05, 0.1) is 18.3 Å². The predicted molar refractivity (Wildman–Crippen MR) is 59.6 cm³/mol. The Labute approximate surface area is 104 Å². The fraction of sp³-hybridized carbons (Fsp3) is 0.727. The summed E-state index contributed by atoms with van der Waals surface area (Å²) in [5.74, 6) is -0.882. The highest BCUT2D eigenvalue weighted by Gasteiger charge is 2.32. The number of hydrogen-bond donors (Lipinski definition) is 4. The van der Waals surface area contributed by atoms with Crippen LogP contribution in [0.4, 0.5) is 0 Å². The third-order valence-corrected chi connectivity index (χ3v) is 2.74. The molecule has 0 radical (unpaired) electrons. The van der Waals surface area contributed by atoms with E-state index in [-0.39, 0.29) is 18.8 Å². The SMILES string of the molecule is C=C(C(=O)OC[C@H]1OCC[C@@H](O)[C@@H]1O)[C@@H](O)CO. The normalized spacial score (nSPS) is 29.7. The largest absolute Gasteiger partial charge is 0.459 e. The van der Waals surface area contributed by atoms with Crippen molar-refractivity contribution in [3.63, 3.8) is 0 Å². The van der Waals surface area contributed by atoms with E-state index in [4.69, 9.17) is 19.7 Å². The summed E-state index contributed by atoms with van der Waals surface area (Å²) in [4.78, 5) is 11.4. The summed E-state index contributed by atoms with van der Waals surface area (Å²) in [6, 6.07) is 0. The Morgan fingerprint density at radius 1 is 1.50 bits per heavy atom. The third-order valence-electron chi connectivity index (χ3n) is 2.74. The monoisotopic (exact) mass is 262 g/mol. The van der Waals surface area contributed by atoms with Gasteiger partial charge in [-0.1, -0.05) is 6.58 Å². The molecular weight excluding hydrogens is 244 g/mol. The highest BCUT2D eigenvalue weighted by Crippen LogP contribution is 2.15. The average molecular weight is 262 g/mol. The Hall–Kier alpha value is -0.990. The van der Waals surface area contributed by atoms with Crippen LogP contribution in [-0.2, 0) is 14.3 Å². The summed E-state index contributed by atoms with van der Waals surface area (Å²) in [7, 11) is 0. The molecule has 0 aromatic carbocycles. The van der Waals surface area contributed by atoms with Crippen LogP contribution in [0.2, 0.25) is 0 Å². The van der Waals surface area contributed by atoms with Gasteiger partial charge in [0, 0.05) is 6.61 Å². The maximum absolute atomic E-state index is 11.4. The standard InChI is InChI=1S/C11H18O7/c1-6(8(14)4-12)11(16)18-5-9-10(15)7(13)2-3-17-9/h7-10,12-15H,1-5H2/t7-,8+,9-,10+/m1/s1. The lowest BCUT2D eigenvalue weighted by atomic mass is 10.0. The van der Waals surface area contributed by atoms with Gasteiger partial charge >= 0.3 is 5.97 Å². The summed E-state index contributed by atoms with van der Waals surface area (Å²) >= 11 is 0. The number of esters is 1. The van der Waals surface area contributed by atoms with Crippen LogP contribution in [0.5, 0.6) is 0 Å². The van der Waals surface area contributed by atoms with Crippen LogP contribution in [0, 0.1) is 0 Å². The molecular formula is C11H18O7. The molecule has 7 nitrogen and oxygen atoms in total. The minimum Gasteiger partial charge on any atom is -0.459 e. The van der Waals surface area contributed by atoms with Crippen LogP contribution in [-0.4, -0.2) is 70.6 Å². The molecule has 1 fully saturated rings. The lowest BCUT2D eigenvalue weighted by Crippen LogP contribution is -2.47. The van der Waals surface area contributed by atoms with Gasteiger partial charge in [-0.2, -0.15) is 0 Å². The van der Waals surface area contributed by atoms with Crippen molar-refractivity contribution in [1.29, 1.82) is 0 Å². The van der Waals surface area contributed by atoms with Crippen molar-refractivity contribution in [3.8, 4) is 0 Å². The number of aliphatic hydroxyl groups excluding tert-OH is 4. The second kappa shape index (κ2) is 6.81. The van der Waals surface area contributed by atoms with Crippen molar-refractivity contribution in [2.75, 3.05) is 19.8 Å². The molecule has 0 spiro atoms. The second-order valence-corrected chi connectivity index (χ2v) is 4.08. The summed E-state index contributed by atoms with van der Waals surface area (Å²) in [6.45, 7) is 2.66. The molecule has 0 aromatic heterocycles. The van der Waals surface area contributed by atoms with Crippen LogP contribution in [0.3, 0.4) is 0 Å². The second-order valence-electron chi connectivity index (χ2n) is 4.08. The van der Waals surface area contributed by atoms with E-state index in [0.717, 1.165) is 0 Å². The van der Waals surface area contributed by atoms with E-state index >= 15 is 0 Å². The molecule has 0 aromatic rings. The Morgan fingerprint density at radius 2 is 2.17 bits per heavy atom. The van der Waals surface area contributed by atoms with Crippen molar-refractivity contribution in [2.45, 2.75) is 30.8 Å². The summed E-state index contributed by atoms with van der Waals surface area (Å²) < 4.78 is 9.93. The minimum absolute atomic E-state index is 0.256. The van der Waals surface area contributed by atoms with Gasteiger partial charge in [0.1, 0.15) is 24.9 Å². The third kappa shape index (κ3) is 3.76. The minimum atomic E-state index is -1.37. The number of aliphatic hydroxyl groups is 4. The maximum atomic E-state index is 11.4. The molecule has 1 aliphatic rings. The Morgan fingerprint density at radius 3 is 2.78 bits per heavy atom. The van der Waals surface area contributed by atoms with E-state index in [2.05, 4.69) is 6.58 Å². The molecule has 1 heterocycles. The van der Waals surface area contributed by atoms with Crippen LogP contribution in [0.1, 0.15) is 6.42 Å².